The lowest BCUT2D eigenvalue weighted by molar-refractivity contribution is 0.103. The van der Waals surface area contributed by atoms with Gasteiger partial charge in [0.05, 0.1) is 12.7 Å². The van der Waals surface area contributed by atoms with Crippen molar-refractivity contribution in [2.45, 2.75) is 13.8 Å². The van der Waals surface area contributed by atoms with Gasteiger partial charge in [-0.25, -0.2) is 0 Å². The van der Waals surface area contributed by atoms with Crippen LogP contribution in [-0.4, -0.2) is 12.9 Å². The molecule has 0 fully saturated rings. The number of carbonyl (C=O) groups excluding carboxylic acids is 1. The first-order valence-corrected chi connectivity index (χ1v) is 7.96. The molecule has 2 aromatic rings. The van der Waals surface area contributed by atoms with Crippen LogP contribution in [0.15, 0.2) is 34.8 Å². The van der Waals surface area contributed by atoms with Crippen molar-refractivity contribution in [2.24, 2.45) is 0 Å². The maximum absolute atomic E-state index is 12.7. The molecule has 0 bridgehead atoms. The highest BCUT2D eigenvalue weighted by molar-refractivity contribution is 14.1. The molecule has 0 radical (unpaired) electrons. The Kier molecular flexibility index (Phi) is 4.86. The number of hydrogen-bond acceptors (Lipinski definition) is 2. The molecule has 20 heavy (non-hydrogen) atoms. The van der Waals surface area contributed by atoms with E-state index in [0.29, 0.717) is 16.9 Å². The first kappa shape index (κ1) is 15.5. The third-order valence-electron chi connectivity index (χ3n) is 3.30. The Morgan fingerprint density at radius 1 is 1.15 bits per heavy atom. The minimum absolute atomic E-state index is 0.0321. The molecule has 0 aliphatic rings. The number of methoxy groups -OCH3 is 1. The van der Waals surface area contributed by atoms with Gasteiger partial charge in [-0.05, 0) is 71.8 Å². The molecule has 0 N–H and O–H groups in total. The molecule has 0 atom stereocenters. The average molecular weight is 445 g/mol. The van der Waals surface area contributed by atoms with E-state index in [1.54, 1.807) is 7.11 Å². The van der Waals surface area contributed by atoms with E-state index in [1.165, 1.54) is 0 Å². The first-order chi connectivity index (χ1) is 9.45. The van der Waals surface area contributed by atoms with Gasteiger partial charge >= 0.3 is 0 Å². The molecule has 0 saturated carbocycles. The maximum atomic E-state index is 12.7. The highest BCUT2D eigenvalue weighted by Gasteiger charge is 2.19. The van der Waals surface area contributed by atoms with Crippen molar-refractivity contribution in [3.8, 4) is 5.75 Å². The number of rotatable bonds is 3. The number of carbonyl (C=O) groups is 1. The van der Waals surface area contributed by atoms with Crippen LogP contribution in [0.3, 0.4) is 0 Å². The Hall–Kier alpha value is -0.880. The predicted octanol–water partition coefficient (Wildman–Crippen LogP) is 4.91. The van der Waals surface area contributed by atoms with Gasteiger partial charge in [0.1, 0.15) is 5.75 Å². The van der Waals surface area contributed by atoms with Crippen molar-refractivity contribution >= 4 is 44.3 Å². The summed E-state index contributed by atoms with van der Waals surface area (Å²) in [4.78, 5) is 12.7. The molecular formula is C16H14BrIO2. The van der Waals surface area contributed by atoms with Gasteiger partial charge in [-0.1, -0.05) is 22.0 Å². The van der Waals surface area contributed by atoms with E-state index < -0.39 is 0 Å². The van der Waals surface area contributed by atoms with E-state index in [2.05, 4.69) is 38.5 Å². The van der Waals surface area contributed by atoms with E-state index in [0.717, 1.165) is 19.2 Å². The molecule has 2 rings (SSSR count). The number of halogens is 2. The molecule has 2 aromatic carbocycles. The quantitative estimate of drug-likeness (QED) is 0.496. The summed E-state index contributed by atoms with van der Waals surface area (Å²) in [7, 11) is 1.60. The zero-order valence-electron chi connectivity index (χ0n) is 11.5. The summed E-state index contributed by atoms with van der Waals surface area (Å²) >= 11 is 5.64. The Morgan fingerprint density at radius 2 is 1.85 bits per heavy atom. The lowest BCUT2D eigenvalue weighted by atomic mass is 9.98. The fourth-order valence-corrected chi connectivity index (χ4v) is 2.97. The van der Waals surface area contributed by atoms with E-state index in [1.807, 2.05) is 44.2 Å². The highest BCUT2D eigenvalue weighted by Crippen LogP contribution is 2.30. The molecule has 2 nitrogen and oxygen atoms in total. The molecule has 0 heterocycles. The van der Waals surface area contributed by atoms with Gasteiger partial charge in [-0.15, -0.1) is 0 Å². The van der Waals surface area contributed by atoms with Gasteiger partial charge in [0.15, 0.2) is 5.78 Å². The van der Waals surface area contributed by atoms with Crippen LogP contribution in [0.2, 0.25) is 0 Å². The van der Waals surface area contributed by atoms with Gasteiger partial charge in [-0.2, -0.15) is 0 Å². The van der Waals surface area contributed by atoms with Crippen LogP contribution >= 0.6 is 38.5 Å². The van der Waals surface area contributed by atoms with Crippen LogP contribution in [0.5, 0.6) is 5.75 Å². The summed E-state index contributed by atoms with van der Waals surface area (Å²) in [6.45, 7) is 3.97. The van der Waals surface area contributed by atoms with Gasteiger partial charge in [0.25, 0.3) is 0 Å². The highest BCUT2D eigenvalue weighted by atomic mass is 127. The van der Waals surface area contributed by atoms with Gasteiger partial charge in [-0.3, -0.25) is 4.79 Å². The minimum atomic E-state index is -0.0321. The monoisotopic (exact) mass is 444 g/mol. The second-order valence-electron chi connectivity index (χ2n) is 4.54. The molecule has 0 spiro atoms. The Bertz CT molecular complexity index is 680. The van der Waals surface area contributed by atoms with Gasteiger partial charge in [0, 0.05) is 13.6 Å². The van der Waals surface area contributed by atoms with Crippen molar-refractivity contribution in [1.29, 1.82) is 0 Å². The molecule has 0 aliphatic carbocycles. The maximum Gasteiger partial charge on any atom is 0.197 e. The van der Waals surface area contributed by atoms with Crippen LogP contribution in [0.25, 0.3) is 0 Å². The summed E-state index contributed by atoms with van der Waals surface area (Å²) in [6, 6.07) is 9.51. The number of hydrogen-bond donors (Lipinski definition) is 0. The molecule has 104 valence electrons. The summed E-state index contributed by atoms with van der Waals surface area (Å²) in [5, 5.41) is 0. The molecule has 4 heteroatoms. The normalized spacial score (nSPS) is 10.4. The van der Waals surface area contributed by atoms with Gasteiger partial charge < -0.3 is 4.74 Å². The predicted molar refractivity (Wildman–Crippen MR) is 92.8 cm³/mol. The minimum Gasteiger partial charge on any atom is -0.496 e. The smallest absolute Gasteiger partial charge is 0.197 e. The molecule has 0 saturated heterocycles. The second-order valence-corrected chi connectivity index (χ2v) is 6.64. The zero-order chi connectivity index (χ0) is 14.9. The Labute approximate surface area is 140 Å². The molecule has 0 aromatic heterocycles. The first-order valence-electron chi connectivity index (χ1n) is 6.09. The van der Waals surface area contributed by atoms with E-state index in [9.17, 15) is 4.79 Å². The zero-order valence-corrected chi connectivity index (χ0v) is 15.2. The average Bonchev–Trinajstić information content (AvgIpc) is 2.43. The number of benzene rings is 2. The fourth-order valence-electron chi connectivity index (χ4n) is 2.05. The fraction of sp³-hybridized carbons (Fsp3) is 0.188. The van der Waals surface area contributed by atoms with Crippen molar-refractivity contribution < 1.29 is 9.53 Å². The second kappa shape index (κ2) is 6.26. The van der Waals surface area contributed by atoms with E-state index >= 15 is 0 Å². The summed E-state index contributed by atoms with van der Waals surface area (Å²) in [6.07, 6.45) is 0. The van der Waals surface area contributed by atoms with Crippen LogP contribution < -0.4 is 4.74 Å². The van der Waals surface area contributed by atoms with Crippen LogP contribution in [-0.2, 0) is 0 Å². The molecular weight excluding hydrogens is 431 g/mol. The third kappa shape index (κ3) is 2.91. The largest absolute Gasteiger partial charge is 0.496 e. The molecule has 0 aliphatic heterocycles. The topological polar surface area (TPSA) is 26.3 Å². The van der Waals surface area contributed by atoms with Crippen molar-refractivity contribution in [1.82, 2.24) is 0 Å². The van der Waals surface area contributed by atoms with Crippen molar-refractivity contribution in [3.05, 3.63) is 60.6 Å². The standard InChI is InChI=1S/C16H14BrIO2/c1-9-4-6-12(16(20-3)10(9)2)15(19)13-8-11(18)5-7-14(13)17/h4-8H,1-3H3. The summed E-state index contributed by atoms with van der Waals surface area (Å²) in [5.41, 5.74) is 3.36. The summed E-state index contributed by atoms with van der Waals surface area (Å²) < 4.78 is 7.25. The van der Waals surface area contributed by atoms with Crippen LogP contribution in [0, 0.1) is 17.4 Å². The van der Waals surface area contributed by atoms with Crippen molar-refractivity contribution in [3.63, 3.8) is 0 Å². The van der Waals surface area contributed by atoms with Crippen LogP contribution in [0.1, 0.15) is 27.0 Å². The van der Waals surface area contributed by atoms with Crippen LogP contribution in [0.4, 0.5) is 0 Å². The van der Waals surface area contributed by atoms with Crippen molar-refractivity contribution in [2.75, 3.05) is 7.11 Å². The SMILES string of the molecule is COc1c(C(=O)c2cc(I)ccc2Br)ccc(C)c1C. The Morgan fingerprint density at radius 3 is 2.50 bits per heavy atom. The summed E-state index contributed by atoms with van der Waals surface area (Å²) in [5.74, 6) is 0.621. The lowest BCUT2D eigenvalue weighted by Crippen LogP contribution is -2.07. The lowest BCUT2D eigenvalue weighted by Gasteiger charge is -2.13. The third-order valence-corrected chi connectivity index (χ3v) is 4.66. The number of ether oxygens (including phenoxy) is 1. The number of aryl methyl sites for hydroxylation is 1. The van der Waals surface area contributed by atoms with E-state index in [4.69, 9.17) is 4.74 Å². The number of ketones is 1. The molecule has 0 amide bonds. The Balaban J connectivity index is 2.59. The van der Waals surface area contributed by atoms with E-state index in [-0.39, 0.29) is 5.78 Å². The molecule has 0 unspecified atom stereocenters. The van der Waals surface area contributed by atoms with Gasteiger partial charge in [0.2, 0.25) is 0 Å².